The van der Waals surface area contributed by atoms with Crippen molar-refractivity contribution < 1.29 is 13.9 Å². The molecule has 29 heavy (non-hydrogen) atoms. The fourth-order valence-corrected chi connectivity index (χ4v) is 4.71. The van der Waals surface area contributed by atoms with Crippen molar-refractivity contribution in [2.24, 2.45) is 0 Å². The van der Waals surface area contributed by atoms with Gasteiger partial charge in [-0.1, -0.05) is 37.4 Å². The van der Waals surface area contributed by atoms with Crippen LogP contribution in [0, 0.1) is 0 Å². The van der Waals surface area contributed by atoms with Crippen LogP contribution in [0.4, 0.5) is 5.69 Å². The lowest BCUT2D eigenvalue weighted by molar-refractivity contribution is 0.0737. The van der Waals surface area contributed by atoms with Crippen LogP contribution in [0.1, 0.15) is 62.1 Å². The summed E-state index contributed by atoms with van der Waals surface area (Å²) in [6, 6.07) is 3.61. The lowest BCUT2D eigenvalue weighted by Crippen LogP contribution is -2.48. The average Bonchev–Trinajstić information content (AvgIpc) is 3.09. The van der Waals surface area contributed by atoms with E-state index in [1.807, 2.05) is 19.9 Å². The number of carbonyl (C=O) groups excluding carboxylic acids is 1. The molecular weight excluding hydrogens is 390 g/mol. The lowest BCUT2D eigenvalue weighted by Gasteiger charge is -2.44. The van der Waals surface area contributed by atoms with Crippen LogP contribution in [0.2, 0.25) is 5.02 Å². The van der Waals surface area contributed by atoms with Gasteiger partial charge >= 0.3 is 0 Å². The molecule has 1 aromatic heterocycles. The number of rotatable bonds is 5. The van der Waals surface area contributed by atoms with E-state index in [1.165, 1.54) is 6.42 Å². The number of benzene rings is 1. The van der Waals surface area contributed by atoms with Gasteiger partial charge in [0.05, 0.1) is 34.8 Å². The predicted octanol–water partition coefficient (Wildman–Crippen LogP) is 4.89. The van der Waals surface area contributed by atoms with E-state index in [-0.39, 0.29) is 23.3 Å². The highest BCUT2D eigenvalue weighted by Crippen LogP contribution is 2.49. The van der Waals surface area contributed by atoms with E-state index < -0.39 is 0 Å². The second kappa shape index (κ2) is 7.92. The molecule has 0 bridgehead atoms. The molecule has 1 aromatic carbocycles. The molecule has 1 aliphatic heterocycles. The Morgan fingerprint density at radius 3 is 2.83 bits per heavy atom. The van der Waals surface area contributed by atoms with Crippen LogP contribution in [-0.4, -0.2) is 25.2 Å². The first kappa shape index (κ1) is 20.1. The maximum absolute atomic E-state index is 12.6. The molecule has 2 heterocycles. The number of furan rings is 1. The SMILES string of the molecule is C=C1Nc2c(Cl)cc3cc(C(=O)NCCOC(C)C)oc3c2C2(CCCCC2)N1. The van der Waals surface area contributed by atoms with E-state index in [0.717, 1.165) is 48.1 Å². The maximum atomic E-state index is 12.6. The van der Waals surface area contributed by atoms with Gasteiger partial charge in [-0.2, -0.15) is 0 Å². The molecule has 1 amide bonds. The van der Waals surface area contributed by atoms with Crippen LogP contribution >= 0.6 is 11.6 Å². The Kier molecular flexibility index (Phi) is 5.49. The molecular formula is C22H28ClN3O3. The normalized spacial score (nSPS) is 17.9. The van der Waals surface area contributed by atoms with Gasteiger partial charge < -0.3 is 25.1 Å². The summed E-state index contributed by atoms with van der Waals surface area (Å²) < 4.78 is 11.6. The second-order valence-electron chi connectivity index (χ2n) is 8.18. The van der Waals surface area contributed by atoms with Gasteiger partial charge in [0, 0.05) is 17.5 Å². The summed E-state index contributed by atoms with van der Waals surface area (Å²) in [4.78, 5) is 12.6. The number of halogens is 1. The van der Waals surface area contributed by atoms with E-state index in [9.17, 15) is 4.79 Å². The molecule has 4 rings (SSSR count). The Morgan fingerprint density at radius 2 is 2.10 bits per heavy atom. The van der Waals surface area contributed by atoms with Gasteiger partial charge in [0.25, 0.3) is 5.91 Å². The molecule has 1 spiro atoms. The molecule has 2 aromatic rings. The minimum absolute atomic E-state index is 0.133. The summed E-state index contributed by atoms with van der Waals surface area (Å²) in [6.45, 7) is 8.90. The third-order valence-corrected chi connectivity index (χ3v) is 5.97. The molecule has 0 radical (unpaired) electrons. The average molecular weight is 418 g/mol. The number of hydrogen-bond donors (Lipinski definition) is 3. The van der Waals surface area contributed by atoms with Gasteiger partial charge in [0.2, 0.25) is 0 Å². The van der Waals surface area contributed by atoms with Crippen molar-refractivity contribution in [1.29, 1.82) is 0 Å². The molecule has 156 valence electrons. The highest BCUT2D eigenvalue weighted by atomic mass is 35.5. The molecule has 6 nitrogen and oxygen atoms in total. The molecule has 0 unspecified atom stereocenters. The third-order valence-electron chi connectivity index (χ3n) is 5.67. The van der Waals surface area contributed by atoms with E-state index in [1.54, 1.807) is 6.07 Å². The summed E-state index contributed by atoms with van der Waals surface area (Å²) in [5.74, 6) is 0.775. The Hall–Kier alpha value is -2.18. The van der Waals surface area contributed by atoms with Gasteiger partial charge in [0.15, 0.2) is 5.76 Å². The van der Waals surface area contributed by atoms with E-state index in [0.29, 0.717) is 23.8 Å². The predicted molar refractivity (Wildman–Crippen MR) is 115 cm³/mol. The summed E-state index contributed by atoms with van der Waals surface area (Å²) >= 11 is 6.62. The van der Waals surface area contributed by atoms with Crippen LogP contribution in [0.15, 0.2) is 28.9 Å². The Balaban J connectivity index is 1.70. The summed E-state index contributed by atoms with van der Waals surface area (Å²) in [5.41, 5.74) is 2.28. The van der Waals surface area contributed by atoms with Crippen molar-refractivity contribution >= 4 is 34.2 Å². The Morgan fingerprint density at radius 1 is 1.34 bits per heavy atom. The van der Waals surface area contributed by atoms with Crippen molar-refractivity contribution in [3.63, 3.8) is 0 Å². The van der Waals surface area contributed by atoms with Gasteiger partial charge in [-0.25, -0.2) is 0 Å². The first-order chi connectivity index (χ1) is 13.9. The van der Waals surface area contributed by atoms with Crippen molar-refractivity contribution in [2.75, 3.05) is 18.5 Å². The molecule has 1 saturated carbocycles. The number of ether oxygens (including phenoxy) is 1. The highest BCUT2D eigenvalue weighted by molar-refractivity contribution is 6.34. The van der Waals surface area contributed by atoms with Crippen LogP contribution < -0.4 is 16.0 Å². The molecule has 3 N–H and O–H groups in total. The minimum atomic E-state index is -0.268. The fourth-order valence-electron chi connectivity index (χ4n) is 4.45. The van der Waals surface area contributed by atoms with Crippen LogP contribution in [0.25, 0.3) is 11.0 Å². The first-order valence-corrected chi connectivity index (χ1v) is 10.7. The van der Waals surface area contributed by atoms with Crippen molar-refractivity contribution in [3.8, 4) is 0 Å². The number of hydrogen-bond acceptors (Lipinski definition) is 5. The highest BCUT2D eigenvalue weighted by Gasteiger charge is 2.42. The van der Waals surface area contributed by atoms with Crippen LogP contribution in [-0.2, 0) is 10.3 Å². The summed E-state index contributed by atoms with van der Waals surface area (Å²) in [6.07, 6.45) is 5.55. The lowest BCUT2D eigenvalue weighted by atomic mass is 9.74. The van der Waals surface area contributed by atoms with Crippen molar-refractivity contribution in [2.45, 2.75) is 57.6 Å². The van der Waals surface area contributed by atoms with Crippen LogP contribution in [0.3, 0.4) is 0 Å². The van der Waals surface area contributed by atoms with Gasteiger partial charge in [0.1, 0.15) is 5.58 Å². The summed E-state index contributed by atoms with van der Waals surface area (Å²) in [5, 5.41) is 11.1. The zero-order valence-corrected chi connectivity index (χ0v) is 17.7. The second-order valence-corrected chi connectivity index (χ2v) is 8.59. The van der Waals surface area contributed by atoms with Crippen molar-refractivity contribution in [1.82, 2.24) is 10.6 Å². The number of carbonyl (C=O) groups is 1. The molecule has 7 heteroatoms. The number of anilines is 1. The molecule has 0 atom stereocenters. The molecule has 0 saturated heterocycles. The fraction of sp³-hybridized carbons (Fsp3) is 0.500. The Bertz CT molecular complexity index is 944. The number of nitrogens with one attached hydrogen (secondary N) is 3. The van der Waals surface area contributed by atoms with E-state index >= 15 is 0 Å². The molecule has 1 aliphatic carbocycles. The number of fused-ring (bicyclic) bond motifs is 4. The Labute approximate surface area is 176 Å². The smallest absolute Gasteiger partial charge is 0.287 e. The summed E-state index contributed by atoms with van der Waals surface area (Å²) in [7, 11) is 0. The first-order valence-electron chi connectivity index (χ1n) is 10.3. The monoisotopic (exact) mass is 417 g/mol. The van der Waals surface area contributed by atoms with Gasteiger partial charge in [-0.3, -0.25) is 4.79 Å². The quantitative estimate of drug-likeness (QED) is 0.604. The van der Waals surface area contributed by atoms with Crippen molar-refractivity contribution in [3.05, 3.63) is 40.9 Å². The minimum Gasteiger partial charge on any atom is -0.450 e. The topological polar surface area (TPSA) is 75.5 Å². The zero-order chi connectivity index (χ0) is 20.6. The molecule has 2 aliphatic rings. The standard InChI is InChI=1S/C22H28ClN3O3/c1-13(2)28-10-9-24-21(27)17-12-15-11-16(23)19-18(20(15)29-17)22(26-14(3)25-19)7-5-4-6-8-22/h11-13,25-26H,3-10H2,1-2H3,(H,24,27). The zero-order valence-electron chi connectivity index (χ0n) is 17.0. The van der Waals surface area contributed by atoms with Gasteiger partial charge in [-0.15, -0.1) is 0 Å². The van der Waals surface area contributed by atoms with E-state index in [2.05, 4.69) is 22.5 Å². The number of amides is 1. The van der Waals surface area contributed by atoms with Gasteiger partial charge in [-0.05, 0) is 38.8 Å². The largest absolute Gasteiger partial charge is 0.450 e. The maximum Gasteiger partial charge on any atom is 0.287 e. The molecule has 1 fully saturated rings. The van der Waals surface area contributed by atoms with E-state index in [4.69, 9.17) is 20.8 Å². The third kappa shape index (κ3) is 3.83. The van der Waals surface area contributed by atoms with Crippen LogP contribution in [0.5, 0.6) is 0 Å².